The predicted molar refractivity (Wildman–Crippen MR) is 103 cm³/mol. The molecular weight excluding hydrogens is 400 g/mol. The number of aryl methyl sites for hydroxylation is 2. The standard InChI is InChI=1S/C19H19BrN2O2S/c1-23-17-11-7-14(8-12-17)3-2-4-18-21-22-19(24-18)25-13-15-5-9-16(20)10-6-15/h5-12H,2-4,13H2,1H3. The molecule has 4 nitrogen and oxygen atoms in total. The van der Waals surface area contributed by atoms with Crippen LogP contribution in [-0.4, -0.2) is 17.3 Å². The monoisotopic (exact) mass is 418 g/mol. The van der Waals surface area contributed by atoms with Gasteiger partial charge in [0.1, 0.15) is 5.75 Å². The van der Waals surface area contributed by atoms with E-state index in [4.69, 9.17) is 9.15 Å². The van der Waals surface area contributed by atoms with Gasteiger partial charge in [0.05, 0.1) is 7.11 Å². The molecule has 0 aliphatic heterocycles. The number of thioether (sulfide) groups is 1. The van der Waals surface area contributed by atoms with Gasteiger partial charge in [0, 0.05) is 16.6 Å². The maximum atomic E-state index is 5.72. The van der Waals surface area contributed by atoms with Crippen LogP contribution in [0, 0.1) is 0 Å². The fourth-order valence-electron chi connectivity index (χ4n) is 2.36. The fourth-order valence-corrected chi connectivity index (χ4v) is 3.36. The minimum atomic E-state index is 0.627. The lowest BCUT2D eigenvalue weighted by molar-refractivity contribution is 0.409. The Labute approximate surface area is 160 Å². The highest BCUT2D eigenvalue weighted by atomic mass is 79.9. The SMILES string of the molecule is COc1ccc(CCCc2nnc(SCc3ccc(Br)cc3)o2)cc1. The summed E-state index contributed by atoms with van der Waals surface area (Å²) in [6.07, 6.45) is 2.75. The largest absolute Gasteiger partial charge is 0.497 e. The van der Waals surface area contributed by atoms with Crippen LogP contribution in [0.25, 0.3) is 0 Å². The van der Waals surface area contributed by atoms with Crippen LogP contribution in [0.1, 0.15) is 23.4 Å². The van der Waals surface area contributed by atoms with Crippen LogP contribution < -0.4 is 4.74 Å². The second kappa shape index (κ2) is 9.06. The van der Waals surface area contributed by atoms with Crippen molar-refractivity contribution in [3.8, 4) is 5.75 Å². The summed E-state index contributed by atoms with van der Waals surface area (Å²) in [5.41, 5.74) is 2.51. The Morgan fingerprint density at radius 2 is 1.68 bits per heavy atom. The number of halogens is 1. The highest BCUT2D eigenvalue weighted by Gasteiger charge is 2.07. The van der Waals surface area contributed by atoms with Gasteiger partial charge in [-0.3, -0.25) is 0 Å². The predicted octanol–water partition coefficient (Wildman–Crippen LogP) is 5.31. The zero-order valence-electron chi connectivity index (χ0n) is 13.9. The van der Waals surface area contributed by atoms with Gasteiger partial charge in [-0.15, -0.1) is 10.2 Å². The summed E-state index contributed by atoms with van der Waals surface area (Å²) in [7, 11) is 1.68. The molecule has 0 aliphatic rings. The molecule has 25 heavy (non-hydrogen) atoms. The maximum absolute atomic E-state index is 5.72. The van der Waals surface area contributed by atoms with Crippen molar-refractivity contribution in [2.24, 2.45) is 0 Å². The van der Waals surface area contributed by atoms with Crippen LogP contribution in [-0.2, 0) is 18.6 Å². The lowest BCUT2D eigenvalue weighted by Gasteiger charge is -2.02. The second-order valence-corrected chi connectivity index (χ2v) is 7.42. The fraction of sp³-hybridized carbons (Fsp3) is 0.263. The molecule has 2 aromatic carbocycles. The van der Waals surface area contributed by atoms with E-state index in [1.807, 2.05) is 24.3 Å². The Bertz CT molecular complexity index is 788. The molecule has 1 heterocycles. The molecule has 0 radical (unpaired) electrons. The molecule has 0 spiro atoms. The van der Waals surface area contributed by atoms with E-state index in [2.05, 4.69) is 50.4 Å². The van der Waals surface area contributed by atoms with E-state index >= 15 is 0 Å². The molecule has 3 rings (SSSR count). The zero-order chi connectivity index (χ0) is 17.5. The molecule has 3 aromatic rings. The molecule has 0 bridgehead atoms. The molecule has 0 unspecified atom stereocenters. The van der Waals surface area contributed by atoms with E-state index < -0.39 is 0 Å². The first-order valence-corrected chi connectivity index (χ1v) is 9.83. The summed E-state index contributed by atoms with van der Waals surface area (Å²) < 4.78 is 12.0. The van der Waals surface area contributed by atoms with Crippen molar-refractivity contribution in [1.29, 1.82) is 0 Å². The lowest BCUT2D eigenvalue weighted by atomic mass is 10.1. The highest BCUT2D eigenvalue weighted by Crippen LogP contribution is 2.23. The van der Waals surface area contributed by atoms with E-state index in [0.29, 0.717) is 11.1 Å². The molecule has 1 aromatic heterocycles. The normalized spacial score (nSPS) is 10.8. The van der Waals surface area contributed by atoms with E-state index in [1.165, 1.54) is 11.1 Å². The van der Waals surface area contributed by atoms with Crippen molar-refractivity contribution in [2.75, 3.05) is 7.11 Å². The third-order valence-electron chi connectivity index (χ3n) is 3.74. The molecule has 0 N–H and O–H groups in total. The molecule has 0 saturated heterocycles. The number of hydrogen-bond acceptors (Lipinski definition) is 5. The molecule has 0 saturated carbocycles. The average molecular weight is 419 g/mol. The van der Waals surface area contributed by atoms with E-state index in [1.54, 1.807) is 18.9 Å². The smallest absolute Gasteiger partial charge is 0.276 e. The van der Waals surface area contributed by atoms with E-state index in [9.17, 15) is 0 Å². The van der Waals surface area contributed by atoms with Crippen LogP contribution in [0.3, 0.4) is 0 Å². The van der Waals surface area contributed by atoms with Gasteiger partial charge in [0.25, 0.3) is 5.22 Å². The Morgan fingerprint density at radius 1 is 0.960 bits per heavy atom. The second-order valence-electron chi connectivity index (χ2n) is 5.58. The third-order valence-corrected chi connectivity index (χ3v) is 5.16. The first kappa shape index (κ1) is 18.0. The van der Waals surface area contributed by atoms with Crippen LogP contribution in [0.15, 0.2) is 62.6 Å². The Hall–Kier alpha value is -1.79. The van der Waals surface area contributed by atoms with Crippen LogP contribution in [0.4, 0.5) is 0 Å². The van der Waals surface area contributed by atoms with Gasteiger partial charge >= 0.3 is 0 Å². The number of nitrogens with zero attached hydrogens (tertiary/aromatic N) is 2. The summed E-state index contributed by atoms with van der Waals surface area (Å²) in [5, 5.41) is 8.88. The Morgan fingerprint density at radius 3 is 2.40 bits per heavy atom. The van der Waals surface area contributed by atoms with Crippen molar-refractivity contribution in [3.63, 3.8) is 0 Å². The lowest BCUT2D eigenvalue weighted by Crippen LogP contribution is -1.91. The van der Waals surface area contributed by atoms with Gasteiger partial charge in [-0.1, -0.05) is 52.0 Å². The molecule has 0 fully saturated rings. The van der Waals surface area contributed by atoms with Gasteiger partial charge in [-0.25, -0.2) is 0 Å². The third kappa shape index (κ3) is 5.61. The van der Waals surface area contributed by atoms with Crippen molar-refractivity contribution < 1.29 is 9.15 Å². The van der Waals surface area contributed by atoms with Gasteiger partial charge in [-0.05, 0) is 48.2 Å². The van der Waals surface area contributed by atoms with Crippen LogP contribution in [0.2, 0.25) is 0 Å². The molecule has 6 heteroatoms. The van der Waals surface area contributed by atoms with Crippen LogP contribution in [0.5, 0.6) is 5.75 Å². The molecule has 0 atom stereocenters. The highest BCUT2D eigenvalue weighted by molar-refractivity contribution is 9.10. The summed E-state index contributed by atoms with van der Waals surface area (Å²) in [4.78, 5) is 0. The summed E-state index contributed by atoms with van der Waals surface area (Å²) in [6, 6.07) is 16.4. The van der Waals surface area contributed by atoms with Gasteiger partial charge < -0.3 is 9.15 Å². The van der Waals surface area contributed by atoms with Crippen molar-refractivity contribution in [3.05, 3.63) is 70.0 Å². The molecule has 0 amide bonds. The molecular formula is C19H19BrN2O2S. The van der Waals surface area contributed by atoms with E-state index in [-0.39, 0.29) is 0 Å². The molecule has 130 valence electrons. The van der Waals surface area contributed by atoms with Gasteiger partial charge in [-0.2, -0.15) is 0 Å². The summed E-state index contributed by atoms with van der Waals surface area (Å²) in [6.45, 7) is 0. The van der Waals surface area contributed by atoms with Crippen molar-refractivity contribution in [2.45, 2.75) is 30.2 Å². The Balaban J connectivity index is 1.44. The summed E-state index contributed by atoms with van der Waals surface area (Å²) in [5.74, 6) is 2.40. The molecule has 0 aliphatic carbocycles. The number of benzene rings is 2. The van der Waals surface area contributed by atoms with Crippen molar-refractivity contribution in [1.82, 2.24) is 10.2 Å². The quantitative estimate of drug-likeness (QED) is 0.463. The summed E-state index contributed by atoms with van der Waals surface area (Å²) >= 11 is 5.00. The van der Waals surface area contributed by atoms with Gasteiger partial charge in [0.15, 0.2) is 0 Å². The van der Waals surface area contributed by atoms with Crippen LogP contribution >= 0.6 is 27.7 Å². The maximum Gasteiger partial charge on any atom is 0.276 e. The number of aromatic nitrogens is 2. The minimum Gasteiger partial charge on any atom is -0.497 e. The number of rotatable bonds is 8. The topological polar surface area (TPSA) is 48.2 Å². The number of ether oxygens (including phenoxy) is 1. The first-order valence-electron chi connectivity index (χ1n) is 8.05. The first-order chi connectivity index (χ1) is 12.2. The zero-order valence-corrected chi connectivity index (χ0v) is 16.3. The Kier molecular flexibility index (Phi) is 6.53. The number of hydrogen-bond donors (Lipinski definition) is 0. The minimum absolute atomic E-state index is 0.627. The van der Waals surface area contributed by atoms with Gasteiger partial charge in [0.2, 0.25) is 5.89 Å². The average Bonchev–Trinajstić information content (AvgIpc) is 3.10. The van der Waals surface area contributed by atoms with E-state index in [0.717, 1.165) is 35.2 Å². The van der Waals surface area contributed by atoms with Crippen molar-refractivity contribution >= 4 is 27.7 Å². The number of methoxy groups -OCH3 is 1.